The smallest absolute Gasteiger partial charge is 0.411 e. The van der Waals surface area contributed by atoms with Crippen molar-refractivity contribution in [2.45, 2.75) is 76.7 Å². The fraction of sp³-hybridized carbons (Fsp3) is 0.882. The maximum Gasteiger partial charge on any atom is 0.411 e. The largest absolute Gasteiger partial charge is 0.480 e. The average Bonchev–Trinajstić information content (AvgIpc) is 3.23. The second-order valence-corrected chi connectivity index (χ2v) is 8.27. The molecule has 1 N–H and O–H groups in total. The fourth-order valence-corrected chi connectivity index (χ4v) is 4.25. The predicted octanol–water partition coefficient (Wildman–Crippen LogP) is 3.22. The third-order valence-corrected chi connectivity index (χ3v) is 5.33. The minimum atomic E-state index is -1.13. The number of nitrogens with zero attached hydrogens (tertiary/aromatic N) is 1. The van der Waals surface area contributed by atoms with Gasteiger partial charge >= 0.3 is 12.1 Å². The van der Waals surface area contributed by atoms with Crippen LogP contribution in [0.5, 0.6) is 0 Å². The summed E-state index contributed by atoms with van der Waals surface area (Å²) in [6.45, 7) is 5.26. The highest BCUT2D eigenvalue weighted by molar-refractivity contribution is 5.81. The third kappa shape index (κ3) is 3.17. The summed E-state index contributed by atoms with van der Waals surface area (Å²) in [6, 6.07) is -1.46. The Bertz CT molecular complexity index is 499. The molecule has 2 bridgehead atoms. The zero-order valence-corrected chi connectivity index (χ0v) is 14.0. The highest BCUT2D eigenvalue weighted by Gasteiger charge is 2.58. The molecule has 0 aromatic rings. The van der Waals surface area contributed by atoms with Crippen LogP contribution in [0.25, 0.3) is 0 Å². The molecule has 4 rings (SSSR count). The zero-order valence-electron chi connectivity index (χ0n) is 14.0. The van der Waals surface area contributed by atoms with Crippen LogP contribution < -0.4 is 0 Å². The van der Waals surface area contributed by atoms with Gasteiger partial charge in [0.05, 0.1) is 0 Å². The molecular weight excluding hydrogens is 301 g/mol. The van der Waals surface area contributed by atoms with Gasteiger partial charge < -0.3 is 9.84 Å². The number of hydrogen-bond donors (Lipinski definition) is 1. The second-order valence-electron chi connectivity index (χ2n) is 8.27. The van der Waals surface area contributed by atoms with Gasteiger partial charge in [-0.25, -0.2) is 14.0 Å². The number of halogens is 1. The lowest BCUT2D eigenvalue weighted by atomic mass is 9.66. The van der Waals surface area contributed by atoms with Gasteiger partial charge in [-0.05, 0) is 46.0 Å². The summed E-state index contributed by atoms with van der Waals surface area (Å²) in [5.74, 6) is -1.45. The SMILES string of the molecule is CC(C)(C)OC(=O)N1[C@H](C(=O)O)[C@@H]2CC[C@H]1[C@H](CC1CC1)[C@H]2F. The van der Waals surface area contributed by atoms with Crippen molar-refractivity contribution in [1.82, 2.24) is 4.90 Å². The molecule has 1 amide bonds. The maximum absolute atomic E-state index is 14.9. The van der Waals surface area contributed by atoms with Crippen molar-refractivity contribution in [3.63, 3.8) is 0 Å². The van der Waals surface area contributed by atoms with Crippen molar-refractivity contribution >= 4 is 12.1 Å². The van der Waals surface area contributed by atoms with Crippen LogP contribution in [0.2, 0.25) is 0 Å². The molecule has 2 saturated heterocycles. The fourth-order valence-electron chi connectivity index (χ4n) is 4.25. The molecule has 0 unspecified atom stereocenters. The summed E-state index contributed by atoms with van der Waals surface area (Å²) in [7, 11) is 0. The molecule has 5 nitrogen and oxygen atoms in total. The number of amides is 1. The first-order valence-corrected chi connectivity index (χ1v) is 8.57. The highest BCUT2D eigenvalue weighted by Crippen LogP contribution is 2.50. The average molecular weight is 327 g/mol. The molecule has 0 aromatic heterocycles. The van der Waals surface area contributed by atoms with E-state index in [1.54, 1.807) is 20.8 Å². The first kappa shape index (κ1) is 16.5. The van der Waals surface area contributed by atoms with Gasteiger partial charge in [0.15, 0.2) is 0 Å². The molecule has 130 valence electrons. The Kier molecular flexibility index (Phi) is 4.05. The highest BCUT2D eigenvalue weighted by atomic mass is 19.1. The Morgan fingerprint density at radius 1 is 1.22 bits per heavy atom. The van der Waals surface area contributed by atoms with E-state index >= 15 is 0 Å². The van der Waals surface area contributed by atoms with Crippen molar-refractivity contribution in [1.29, 1.82) is 0 Å². The van der Waals surface area contributed by atoms with E-state index in [1.807, 2.05) is 0 Å². The van der Waals surface area contributed by atoms with E-state index in [4.69, 9.17) is 4.74 Å². The lowest BCUT2D eigenvalue weighted by Gasteiger charge is -2.54. The number of hydrogen-bond acceptors (Lipinski definition) is 3. The first-order valence-electron chi connectivity index (χ1n) is 8.57. The number of carbonyl (C=O) groups is 2. The number of alkyl halides is 1. The van der Waals surface area contributed by atoms with Crippen molar-refractivity contribution < 1.29 is 23.8 Å². The predicted molar refractivity (Wildman–Crippen MR) is 81.7 cm³/mol. The molecule has 0 aromatic carbocycles. The number of piperidine rings is 2. The van der Waals surface area contributed by atoms with Crippen LogP contribution in [0.3, 0.4) is 0 Å². The van der Waals surface area contributed by atoms with Crippen molar-refractivity contribution in [3.05, 3.63) is 0 Å². The van der Waals surface area contributed by atoms with Gasteiger partial charge in [0, 0.05) is 17.9 Å². The number of rotatable bonds is 3. The van der Waals surface area contributed by atoms with Crippen LogP contribution in [0.15, 0.2) is 0 Å². The minimum Gasteiger partial charge on any atom is -0.480 e. The molecule has 4 aliphatic rings. The van der Waals surface area contributed by atoms with Gasteiger partial charge in [0.25, 0.3) is 0 Å². The van der Waals surface area contributed by atoms with Gasteiger partial charge in [0.1, 0.15) is 17.8 Å². The Morgan fingerprint density at radius 2 is 1.87 bits per heavy atom. The van der Waals surface area contributed by atoms with E-state index in [-0.39, 0.29) is 12.0 Å². The van der Waals surface area contributed by atoms with E-state index in [1.165, 1.54) is 4.90 Å². The van der Waals surface area contributed by atoms with Gasteiger partial charge in [-0.3, -0.25) is 4.90 Å². The second kappa shape index (κ2) is 5.64. The van der Waals surface area contributed by atoms with Crippen LogP contribution >= 0.6 is 0 Å². The Hall–Kier alpha value is -1.33. The molecule has 2 saturated carbocycles. The Morgan fingerprint density at radius 3 is 2.39 bits per heavy atom. The number of carboxylic acid groups (broad SMARTS) is 1. The first-order chi connectivity index (χ1) is 10.7. The molecule has 4 fully saturated rings. The topological polar surface area (TPSA) is 66.8 Å². The normalized spacial score (nSPS) is 36.9. The van der Waals surface area contributed by atoms with Gasteiger partial charge in [-0.15, -0.1) is 0 Å². The Labute approximate surface area is 136 Å². The van der Waals surface area contributed by atoms with E-state index in [2.05, 4.69) is 0 Å². The maximum atomic E-state index is 14.9. The van der Waals surface area contributed by atoms with E-state index < -0.39 is 35.8 Å². The molecule has 0 radical (unpaired) electrons. The number of fused-ring (bicyclic) bond motifs is 3. The van der Waals surface area contributed by atoms with Crippen molar-refractivity contribution in [2.24, 2.45) is 17.8 Å². The molecule has 0 spiro atoms. The van der Waals surface area contributed by atoms with Crippen LogP contribution in [-0.2, 0) is 9.53 Å². The van der Waals surface area contributed by atoms with Gasteiger partial charge in [-0.1, -0.05) is 12.8 Å². The third-order valence-electron chi connectivity index (χ3n) is 5.33. The van der Waals surface area contributed by atoms with Crippen LogP contribution in [-0.4, -0.2) is 45.9 Å². The van der Waals surface area contributed by atoms with Gasteiger partial charge in [0.2, 0.25) is 0 Å². The minimum absolute atomic E-state index is 0.246. The summed E-state index contributed by atoms with van der Waals surface area (Å²) in [6.07, 6.45) is 2.45. The van der Waals surface area contributed by atoms with E-state index in [9.17, 15) is 19.1 Å². The molecule has 6 heteroatoms. The number of ether oxygens (including phenoxy) is 1. The van der Waals surface area contributed by atoms with E-state index in [0.29, 0.717) is 18.8 Å². The molecule has 23 heavy (non-hydrogen) atoms. The lowest BCUT2D eigenvalue weighted by molar-refractivity contribution is -0.163. The summed E-state index contributed by atoms with van der Waals surface area (Å²) in [4.78, 5) is 25.6. The molecule has 5 atom stereocenters. The van der Waals surface area contributed by atoms with Gasteiger partial charge in [-0.2, -0.15) is 0 Å². The monoisotopic (exact) mass is 327 g/mol. The van der Waals surface area contributed by atoms with Crippen LogP contribution in [0.4, 0.5) is 9.18 Å². The van der Waals surface area contributed by atoms with Crippen molar-refractivity contribution in [3.8, 4) is 0 Å². The molecule has 2 heterocycles. The summed E-state index contributed by atoms with van der Waals surface area (Å²) >= 11 is 0. The molecule has 2 aliphatic heterocycles. The van der Waals surface area contributed by atoms with E-state index in [0.717, 1.165) is 19.3 Å². The lowest BCUT2D eigenvalue weighted by Crippen LogP contribution is -2.68. The van der Waals surface area contributed by atoms with Crippen molar-refractivity contribution in [2.75, 3.05) is 0 Å². The zero-order chi connectivity index (χ0) is 16.9. The number of carbonyl (C=O) groups excluding carboxylic acids is 1. The van der Waals surface area contributed by atoms with Crippen LogP contribution in [0.1, 0.15) is 52.9 Å². The molecule has 2 aliphatic carbocycles. The number of carboxylic acids is 1. The Balaban J connectivity index is 1.86. The summed E-state index contributed by atoms with van der Waals surface area (Å²) in [5.41, 5.74) is -0.696. The number of aliphatic carboxylic acids is 1. The summed E-state index contributed by atoms with van der Waals surface area (Å²) in [5, 5.41) is 9.56. The molecular formula is C17H26FNO4. The quantitative estimate of drug-likeness (QED) is 0.864. The van der Waals surface area contributed by atoms with Crippen LogP contribution in [0, 0.1) is 17.8 Å². The summed E-state index contributed by atoms with van der Waals surface area (Å²) < 4.78 is 20.3. The standard InChI is InChI=1S/C17H26FNO4/c1-17(2,3)23-16(22)19-12-7-6-10(14(19)15(20)21)13(18)11(12)8-9-4-5-9/h9-14H,4-8H2,1-3H3,(H,20,21)/t10-,11+,12+,13+,14+/m1/s1.